The zero-order valence-electron chi connectivity index (χ0n) is 14.4. The summed E-state index contributed by atoms with van der Waals surface area (Å²) in [6.07, 6.45) is 0. The van der Waals surface area contributed by atoms with Gasteiger partial charge in [0, 0.05) is 43.8 Å². The van der Waals surface area contributed by atoms with Crippen LogP contribution in [-0.2, 0) is 6.54 Å². The lowest BCUT2D eigenvalue weighted by molar-refractivity contribution is 0.0992. The molecule has 1 aliphatic rings. The number of benzene rings is 2. The number of rotatable bonds is 4. The number of primary amides is 1. The summed E-state index contributed by atoms with van der Waals surface area (Å²) in [5, 5.41) is 4.16. The van der Waals surface area contributed by atoms with Gasteiger partial charge in [0.2, 0.25) is 0 Å². The first-order valence-electron chi connectivity index (χ1n) is 8.75. The van der Waals surface area contributed by atoms with Crippen molar-refractivity contribution in [1.29, 1.82) is 0 Å². The largest absolute Gasteiger partial charge is 0.368 e. The van der Waals surface area contributed by atoms with E-state index in [-0.39, 0.29) is 5.82 Å². The highest BCUT2D eigenvalue weighted by Crippen LogP contribution is 2.32. The predicted molar refractivity (Wildman–Crippen MR) is 101 cm³/mol. The standard InChI is InChI=1S/C20H21FN4O/c21-15-10-17(24-8-6-23-7-9-24)16-12-19(20(22)26)25(18(16)11-15)13-14-4-2-1-3-5-14/h1-5,10-12,23H,6-9,13H2,(H2,22,26). The molecule has 0 unspecified atom stereocenters. The topological polar surface area (TPSA) is 63.3 Å². The molecule has 2 aromatic carbocycles. The fourth-order valence-electron chi connectivity index (χ4n) is 3.61. The number of hydrogen-bond acceptors (Lipinski definition) is 3. The molecule has 4 rings (SSSR count). The van der Waals surface area contributed by atoms with E-state index in [1.165, 1.54) is 6.07 Å². The second-order valence-electron chi connectivity index (χ2n) is 6.56. The van der Waals surface area contributed by atoms with E-state index in [1.54, 1.807) is 12.1 Å². The van der Waals surface area contributed by atoms with Gasteiger partial charge in [0.15, 0.2) is 0 Å². The Bertz CT molecular complexity index is 945. The summed E-state index contributed by atoms with van der Waals surface area (Å²) < 4.78 is 16.2. The Labute approximate surface area is 151 Å². The van der Waals surface area contributed by atoms with Crippen molar-refractivity contribution in [3.63, 3.8) is 0 Å². The zero-order chi connectivity index (χ0) is 18.1. The van der Waals surface area contributed by atoms with Gasteiger partial charge in [-0.15, -0.1) is 0 Å². The Balaban J connectivity index is 1.88. The lowest BCUT2D eigenvalue weighted by atomic mass is 10.1. The summed E-state index contributed by atoms with van der Waals surface area (Å²) in [5.41, 5.74) is 8.55. The van der Waals surface area contributed by atoms with Gasteiger partial charge in [-0.2, -0.15) is 0 Å². The molecule has 1 fully saturated rings. The van der Waals surface area contributed by atoms with E-state index in [9.17, 15) is 9.18 Å². The lowest BCUT2D eigenvalue weighted by Crippen LogP contribution is -2.43. The first-order chi connectivity index (χ1) is 12.6. The van der Waals surface area contributed by atoms with E-state index in [1.807, 2.05) is 34.9 Å². The smallest absolute Gasteiger partial charge is 0.265 e. The minimum atomic E-state index is -0.510. The monoisotopic (exact) mass is 352 g/mol. The number of nitrogens with two attached hydrogens (primary N) is 1. The Kier molecular flexibility index (Phi) is 4.34. The zero-order valence-corrected chi connectivity index (χ0v) is 14.4. The van der Waals surface area contributed by atoms with Crippen LogP contribution in [0.1, 0.15) is 16.1 Å². The van der Waals surface area contributed by atoms with Gasteiger partial charge < -0.3 is 20.5 Å². The van der Waals surface area contributed by atoms with Crippen LogP contribution < -0.4 is 16.0 Å². The molecule has 0 spiro atoms. The predicted octanol–water partition coefficient (Wildman–Crippen LogP) is 2.34. The quantitative estimate of drug-likeness (QED) is 0.758. The molecule has 1 aliphatic heterocycles. The van der Waals surface area contributed by atoms with E-state index in [0.717, 1.165) is 42.8 Å². The molecule has 0 atom stereocenters. The fourth-order valence-corrected chi connectivity index (χ4v) is 3.61. The van der Waals surface area contributed by atoms with Crippen molar-refractivity contribution in [3.05, 3.63) is 65.6 Å². The van der Waals surface area contributed by atoms with Crippen molar-refractivity contribution >= 4 is 22.5 Å². The molecule has 6 heteroatoms. The molecule has 0 aliphatic carbocycles. The van der Waals surface area contributed by atoms with Crippen LogP contribution in [0.5, 0.6) is 0 Å². The number of halogens is 1. The van der Waals surface area contributed by atoms with Crippen LogP contribution in [0.15, 0.2) is 48.5 Å². The van der Waals surface area contributed by atoms with Gasteiger partial charge >= 0.3 is 0 Å². The van der Waals surface area contributed by atoms with Crippen molar-refractivity contribution in [3.8, 4) is 0 Å². The van der Waals surface area contributed by atoms with Crippen LogP contribution in [0.25, 0.3) is 10.9 Å². The number of carbonyl (C=O) groups is 1. The molecule has 3 aromatic rings. The van der Waals surface area contributed by atoms with Crippen LogP contribution >= 0.6 is 0 Å². The van der Waals surface area contributed by atoms with Crippen LogP contribution in [0, 0.1) is 5.82 Å². The van der Waals surface area contributed by atoms with Crippen molar-refractivity contribution in [2.75, 3.05) is 31.1 Å². The van der Waals surface area contributed by atoms with Crippen molar-refractivity contribution < 1.29 is 9.18 Å². The van der Waals surface area contributed by atoms with Gasteiger partial charge in [-0.25, -0.2) is 4.39 Å². The van der Waals surface area contributed by atoms with Gasteiger partial charge in [0.1, 0.15) is 11.5 Å². The van der Waals surface area contributed by atoms with Gasteiger partial charge in [-0.1, -0.05) is 30.3 Å². The second-order valence-corrected chi connectivity index (χ2v) is 6.56. The van der Waals surface area contributed by atoms with E-state index in [2.05, 4.69) is 10.2 Å². The third kappa shape index (κ3) is 3.04. The Hall–Kier alpha value is -2.86. The first-order valence-corrected chi connectivity index (χ1v) is 8.75. The van der Waals surface area contributed by atoms with Crippen molar-refractivity contribution in [2.24, 2.45) is 5.73 Å². The number of carbonyl (C=O) groups excluding carboxylic acids is 1. The number of nitrogens with one attached hydrogen (secondary N) is 1. The van der Waals surface area contributed by atoms with Crippen molar-refractivity contribution in [1.82, 2.24) is 9.88 Å². The average molecular weight is 352 g/mol. The number of fused-ring (bicyclic) bond motifs is 1. The van der Waals surface area contributed by atoms with E-state index in [4.69, 9.17) is 5.73 Å². The molecular formula is C20H21FN4O. The Morgan fingerprint density at radius 1 is 1.12 bits per heavy atom. The average Bonchev–Trinajstić information content (AvgIpc) is 3.01. The molecule has 5 nitrogen and oxygen atoms in total. The number of piperazine rings is 1. The molecular weight excluding hydrogens is 331 g/mol. The maximum Gasteiger partial charge on any atom is 0.265 e. The summed E-state index contributed by atoms with van der Waals surface area (Å²) in [6, 6.07) is 14.6. The maximum absolute atomic E-state index is 14.4. The Morgan fingerprint density at radius 2 is 1.85 bits per heavy atom. The number of nitrogens with zero attached hydrogens (tertiary/aromatic N) is 2. The van der Waals surface area contributed by atoms with Crippen LogP contribution in [-0.4, -0.2) is 36.7 Å². The van der Waals surface area contributed by atoms with Crippen molar-refractivity contribution in [2.45, 2.75) is 6.54 Å². The van der Waals surface area contributed by atoms with Crippen LogP contribution in [0.2, 0.25) is 0 Å². The highest BCUT2D eigenvalue weighted by Gasteiger charge is 2.20. The molecule has 0 saturated carbocycles. The fraction of sp³-hybridized carbons (Fsp3) is 0.250. The second kappa shape index (κ2) is 6.80. The normalized spacial score (nSPS) is 14.7. The lowest BCUT2D eigenvalue weighted by Gasteiger charge is -2.30. The van der Waals surface area contributed by atoms with Gasteiger partial charge in [0.25, 0.3) is 5.91 Å². The number of aromatic nitrogens is 1. The highest BCUT2D eigenvalue weighted by atomic mass is 19.1. The third-order valence-electron chi connectivity index (χ3n) is 4.86. The maximum atomic E-state index is 14.4. The highest BCUT2D eigenvalue weighted by molar-refractivity contribution is 6.02. The molecule has 26 heavy (non-hydrogen) atoms. The summed E-state index contributed by atoms with van der Waals surface area (Å²) in [6.45, 7) is 3.77. The van der Waals surface area contributed by atoms with Crippen LogP contribution in [0.4, 0.5) is 10.1 Å². The molecule has 3 N–H and O–H groups in total. The SMILES string of the molecule is NC(=O)c1cc2c(N3CCNCC3)cc(F)cc2n1Cc1ccccc1. The summed E-state index contributed by atoms with van der Waals surface area (Å²) in [5.74, 6) is -0.821. The van der Waals surface area contributed by atoms with E-state index < -0.39 is 5.91 Å². The molecule has 0 bridgehead atoms. The van der Waals surface area contributed by atoms with E-state index in [0.29, 0.717) is 17.8 Å². The van der Waals surface area contributed by atoms with E-state index >= 15 is 0 Å². The minimum absolute atomic E-state index is 0.311. The van der Waals surface area contributed by atoms with Crippen LogP contribution in [0.3, 0.4) is 0 Å². The Morgan fingerprint density at radius 3 is 2.54 bits per heavy atom. The molecule has 2 heterocycles. The third-order valence-corrected chi connectivity index (χ3v) is 4.86. The van der Waals surface area contributed by atoms with Gasteiger partial charge in [-0.3, -0.25) is 4.79 Å². The number of amides is 1. The van der Waals surface area contributed by atoms with Gasteiger partial charge in [-0.05, 0) is 23.8 Å². The summed E-state index contributed by atoms with van der Waals surface area (Å²) in [4.78, 5) is 14.2. The molecule has 1 aromatic heterocycles. The molecule has 0 radical (unpaired) electrons. The molecule has 1 amide bonds. The summed E-state index contributed by atoms with van der Waals surface area (Å²) in [7, 11) is 0. The minimum Gasteiger partial charge on any atom is -0.368 e. The molecule has 134 valence electrons. The number of hydrogen-bond donors (Lipinski definition) is 2. The summed E-state index contributed by atoms with van der Waals surface area (Å²) >= 11 is 0. The first kappa shape index (κ1) is 16.6. The number of anilines is 1. The molecule has 1 saturated heterocycles. The van der Waals surface area contributed by atoms with Gasteiger partial charge in [0.05, 0.1) is 5.52 Å².